The van der Waals surface area contributed by atoms with Gasteiger partial charge in [-0.15, -0.1) is 0 Å². The number of nitrogens with one attached hydrogen (secondary N) is 1. The van der Waals surface area contributed by atoms with Crippen molar-refractivity contribution in [2.75, 3.05) is 12.3 Å². The molecule has 0 aliphatic carbocycles. The number of aliphatic hydroxyl groups excluding tert-OH is 5. The van der Waals surface area contributed by atoms with E-state index in [1.807, 2.05) is 0 Å². The first-order valence-corrected chi connectivity index (χ1v) is 13.7. The second-order valence-electron chi connectivity index (χ2n) is 8.42. The number of anilines is 1. The quantitative estimate of drug-likeness (QED) is 0.134. The molecule has 0 aromatic carbocycles. The number of H-pyrrole nitrogens is 1. The average Bonchev–Trinajstić information content (AvgIpc) is 3.35. The minimum absolute atomic E-state index is 0.0994. The number of nitrogens with zero attached hydrogens (tertiary/aromatic N) is 3. The molecule has 0 bridgehead atoms. The van der Waals surface area contributed by atoms with E-state index < -0.39 is 83.1 Å². The summed E-state index contributed by atoms with van der Waals surface area (Å²) in [6.07, 6.45) is -13.8. The van der Waals surface area contributed by atoms with E-state index in [0.29, 0.717) is 0 Å². The lowest BCUT2D eigenvalue weighted by Gasteiger charge is -2.38. The molecule has 10 N–H and O–H groups in total. The lowest BCUT2D eigenvalue weighted by molar-refractivity contribution is -0.271. The second kappa shape index (κ2) is 10.6. The van der Waals surface area contributed by atoms with E-state index in [1.54, 1.807) is 0 Å². The fourth-order valence-corrected chi connectivity index (χ4v) is 5.96. The molecule has 22 heteroatoms. The van der Waals surface area contributed by atoms with E-state index in [1.165, 1.54) is 6.92 Å². The third-order valence-electron chi connectivity index (χ3n) is 5.72. The highest BCUT2D eigenvalue weighted by Gasteiger charge is 2.49. The zero-order valence-corrected chi connectivity index (χ0v) is 21.0. The predicted molar refractivity (Wildman–Crippen MR) is 119 cm³/mol. The minimum atomic E-state index is -5.50. The fraction of sp³-hybridized carbons (Fsp3) is 0.688. The van der Waals surface area contributed by atoms with Crippen molar-refractivity contribution in [2.24, 2.45) is 0 Å². The maximum atomic E-state index is 12.3. The van der Waals surface area contributed by atoms with Crippen molar-refractivity contribution in [3.8, 4) is 0 Å². The number of aromatic amines is 1. The van der Waals surface area contributed by atoms with Crippen LogP contribution in [-0.2, 0) is 32.0 Å². The zero-order valence-electron chi connectivity index (χ0n) is 19.2. The average molecular weight is 589 g/mol. The van der Waals surface area contributed by atoms with Gasteiger partial charge in [0.2, 0.25) is 5.95 Å². The Labute approximate surface area is 211 Å². The predicted octanol–water partition coefficient (Wildman–Crippen LogP) is -3.60. The van der Waals surface area contributed by atoms with Crippen molar-refractivity contribution in [3.63, 3.8) is 0 Å². The summed E-state index contributed by atoms with van der Waals surface area (Å²) in [5.41, 5.74) is 4.59. The summed E-state index contributed by atoms with van der Waals surface area (Å²) < 4.78 is 49.3. The van der Waals surface area contributed by atoms with E-state index in [-0.39, 0.29) is 17.1 Å². The minimum Gasteiger partial charge on any atom is -0.388 e. The van der Waals surface area contributed by atoms with Crippen LogP contribution in [0.2, 0.25) is 0 Å². The van der Waals surface area contributed by atoms with Crippen LogP contribution < -0.4 is 11.3 Å². The Morgan fingerprint density at radius 1 is 1.05 bits per heavy atom. The lowest BCUT2D eigenvalue weighted by atomic mass is 10.0. The largest absolute Gasteiger partial charge is 0.483 e. The van der Waals surface area contributed by atoms with E-state index in [2.05, 4.69) is 28.3 Å². The first-order chi connectivity index (χ1) is 17.6. The molecule has 38 heavy (non-hydrogen) atoms. The third kappa shape index (κ3) is 5.83. The number of nitrogens with two attached hydrogens (primary N) is 1. The molecule has 2 aromatic heterocycles. The SMILES string of the molecule is CC1O[C@H](OP(=O)(O)OP(=O)(O)OC[C@H]2O[C@@H](n3cnc4c(=O)[nH]c(N)nc43)[C@@H](O)C2O)C(O)[C@@H](O)[C@@H]1O. The van der Waals surface area contributed by atoms with Crippen molar-refractivity contribution >= 4 is 32.8 Å². The molecular weight excluding hydrogens is 564 g/mol. The van der Waals surface area contributed by atoms with Crippen LogP contribution in [0.4, 0.5) is 5.95 Å². The molecule has 0 saturated carbocycles. The number of hydrogen-bond donors (Lipinski definition) is 9. The molecule has 2 aliphatic rings. The molecule has 2 aliphatic heterocycles. The Bertz CT molecular complexity index is 1320. The zero-order chi connectivity index (χ0) is 28.2. The molecule has 0 amide bonds. The number of phosphoric ester groups is 2. The Kier molecular flexibility index (Phi) is 8.12. The van der Waals surface area contributed by atoms with Crippen LogP contribution in [0.1, 0.15) is 13.2 Å². The third-order valence-corrected chi connectivity index (χ3v) is 8.32. The number of fused-ring (bicyclic) bond motifs is 1. The Morgan fingerprint density at radius 2 is 1.74 bits per heavy atom. The van der Waals surface area contributed by atoms with Gasteiger partial charge in [-0.2, -0.15) is 9.29 Å². The van der Waals surface area contributed by atoms with Crippen LogP contribution in [-0.4, -0.2) is 110 Å². The number of phosphoric acid groups is 2. The number of aliphatic hydroxyl groups is 5. The maximum absolute atomic E-state index is 12.3. The fourth-order valence-electron chi connectivity index (χ4n) is 3.80. The Balaban J connectivity index is 1.39. The van der Waals surface area contributed by atoms with E-state index in [9.17, 15) is 49.2 Å². The summed E-state index contributed by atoms with van der Waals surface area (Å²) in [6, 6.07) is 0. The van der Waals surface area contributed by atoms with Gasteiger partial charge in [-0.25, -0.2) is 14.1 Å². The molecule has 0 radical (unpaired) electrons. The summed E-state index contributed by atoms with van der Waals surface area (Å²) in [6.45, 7) is 0.291. The first-order valence-electron chi connectivity index (χ1n) is 10.7. The summed E-state index contributed by atoms with van der Waals surface area (Å²) in [5, 5.41) is 50.0. The highest BCUT2D eigenvalue weighted by molar-refractivity contribution is 7.61. The van der Waals surface area contributed by atoms with Crippen LogP contribution in [0.3, 0.4) is 0 Å². The van der Waals surface area contributed by atoms with E-state index in [0.717, 1.165) is 10.9 Å². The molecule has 2 fully saturated rings. The Morgan fingerprint density at radius 3 is 2.42 bits per heavy atom. The highest BCUT2D eigenvalue weighted by atomic mass is 31.3. The molecule has 20 nitrogen and oxygen atoms in total. The smallest absolute Gasteiger partial charge is 0.388 e. The number of imidazole rings is 1. The molecule has 4 heterocycles. The number of ether oxygens (including phenoxy) is 2. The number of nitrogen functional groups attached to an aromatic ring is 1. The summed E-state index contributed by atoms with van der Waals surface area (Å²) in [4.78, 5) is 41.7. The van der Waals surface area contributed by atoms with Gasteiger partial charge in [0.1, 0.15) is 36.6 Å². The first kappa shape index (κ1) is 29.1. The van der Waals surface area contributed by atoms with Gasteiger partial charge in [-0.1, -0.05) is 0 Å². The van der Waals surface area contributed by atoms with E-state index >= 15 is 0 Å². The van der Waals surface area contributed by atoms with Gasteiger partial charge in [-0.3, -0.25) is 23.4 Å². The summed E-state index contributed by atoms with van der Waals surface area (Å²) >= 11 is 0. The number of hydrogen-bond acceptors (Lipinski definition) is 16. The van der Waals surface area contributed by atoms with Crippen molar-refractivity contribution in [1.82, 2.24) is 19.5 Å². The van der Waals surface area contributed by atoms with Crippen LogP contribution in [0.5, 0.6) is 0 Å². The molecular formula is C16H25N5O15P2. The molecule has 2 aromatic rings. The van der Waals surface area contributed by atoms with Gasteiger partial charge in [-0.05, 0) is 6.92 Å². The van der Waals surface area contributed by atoms with Crippen molar-refractivity contribution in [2.45, 2.75) is 62.2 Å². The van der Waals surface area contributed by atoms with Gasteiger partial charge >= 0.3 is 15.6 Å². The normalized spacial score (nSPS) is 37.2. The molecule has 2 saturated heterocycles. The van der Waals surface area contributed by atoms with Crippen LogP contribution in [0.25, 0.3) is 11.2 Å². The monoisotopic (exact) mass is 589 g/mol. The summed E-state index contributed by atoms with van der Waals surface area (Å²) in [7, 11) is -10.9. The molecule has 4 rings (SSSR count). The standard InChI is InChI=1S/C16H25N5O15P2/c1-4-7(22)9(24)11(26)15(33-4)35-38(30,31)36-37(28,29)32-2-5-8(23)10(25)14(34-5)21-3-18-6-12(21)19-16(17)20-13(6)27/h3-5,7-11,14-15,22-26H,2H2,1H3,(H,28,29)(H,30,31)(H3,17,19,20,27)/t4?,5-,7-,8?,9+,10+,11?,14-,15-/m1/s1. The van der Waals surface area contributed by atoms with E-state index in [4.69, 9.17) is 15.2 Å². The van der Waals surface area contributed by atoms with Gasteiger partial charge in [0.25, 0.3) is 5.56 Å². The van der Waals surface area contributed by atoms with Gasteiger partial charge in [0, 0.05) is 0 Å². The molecule has 0 spiro atoms. The molecule has 11 atom stereocenters. The lowest BCUT2D eigenvalue weighted by Crippen LogP contribution is -2.57. The Hall–Kier alpha value is -1.87. The second-order valence-corrected chi connectivity index (χ2v) is 11.4. The topological polar surface area (TPSA) is 311 Å². The highest BCUT2D eigenvalue weighted by Crippen LogP contribution is 2.61. The molecule has 5 unspecified atom stereocenters. The number of rotatable bonds is 8. The van der Waals surface area contributed by atoms with Gasteiger partial charge < -0.3 is 50.5 Å². The van der Waals surface area contributed by atoms with Crippen molar-refractivity contribution in [1.29, 1.82) is 0 Å². The van der Waals surface area contributed by atoms with Gasteiger partial charge in [0.15, 0.2) is 23.7 Å². The van der Waals surface area contributed by atoms with Crippen LogP contribution >= 0.6 is 15.6 Å². The van der Waals surface area contributed by atoms with Crippen LogP contribution in [0.15, 0.2) is 11.1 Å². The van der Waals surface area contributed by atoms with Crippen LogP contribution in [0, 0.1) is 0 Å². The van der Waals surface area contributed by atoms with Gasteiger partial charge in [0.05, 0.1) is 19.0 Å². The molecule has 214 valence electrons. The number of aromatic nitrogens is 4. The van der Waals surface area contributed by atoms with Crippen molar-refractivity contribution < 1.29 is 67.3 Å². The maximum Gasteiger partial charge on any atom is 0.483 e. The summed E-state index contributed by atoms with van der Waals surface area (Å²) in [5.74, 6) is -0.266. The van der Waals surface area contributed by atoms with Crippen molar-refractivity contribution in [3.05, 3.63) is 16.7 Å².